The average molecular weight is 316 g/mol. The molecule has 2 rings (SSSR count). The van der Waals surface area contributed by atoms with Gasteiger partial charge in [-0.3, -0.25) is 4.99 Å². The first-order valence-corrected chi connectivity index (χ1v) is 8.33. The Kier molecular flexibility index (Phi) is 5.95. The van der Waals surface area contributed by atoms with E-state index >= 15 is 0 Å². The van der Waals surface area contributed by atoms with Crippen LogP contribution in [0.3, 0.4) is 0 Å². The number of aromatic nitrogens is 1. The van der Waals surface area contributed by atoms with Crippen molar-refractivity contribution in [2.24, 2.45) is 4.99 Å². The molecule has 0 unspecified atom stereocenters. The number of aliphatic imine (C=N–C) groups is 1. The highest BCUT2D eigenvalue weighted by atomic mass is 32.1. The lowest BCUT2D eigenvalue weighted by molar-refractivity contribution is 0.791. The van der Waals surface area contributed by atoms with Crippen molar-refractivity contribution in [1.29, 1.82) is 0 Å². The molecule has 4 nitrogen and oxygen atoms in total. The van der Waals surface area contributed by atoms with Gasteiger partial charge in [-0.15, -0.1) is 11.3 Å². The highest BCUT2D eigenvalue weighted by Gasteiger charge is 2.04. The van der Waals surface area contributed by atoms with Crippen molar-refractivity contribution in [3.63, 3.8) is 0 Å². The summed E-state index contributed by atoms with van der Waals surface area (Å²) in [6, 6.07) is 8.52. The molecule has 0 fully saturated rings. The number of hydrogen-bond acceptors (Lipinski definition) is 3. The van der Waals surface area contributed by atoms with Gasteiger partial charge >= 0.3 is 0 Å². The summed E-state index contributed by atoms with van der Waals surface area (Å²) >= 11 is 1.77. The summed E-state index contributed by atoms with van der Waals surface area (Å²) in [7, 11) is 1.79. The van der Waals surface area contributed by atoms with Crippen LogP contribution in [0.25, 0.3) is 0 Å². The molecule has 0 saturated heterocycles. The maximum absolute atomic E-state index is 4.55. The van der Waals surface area contributed by atoms with Crippen LogP contribution in [0.15, 0.2) is 29.3 Å². The van der Waals surface area contributed by atoms with Crippen LogP contribution in [-0.2, 0) is 13.0 Å². The van der Waals surface area contributed by atoms with Gasteiger partial charge in [0.1, 0.15) is 0 Å². The number of hydrogen-bond donors (Lipinski definition) is 2. The molecule has 1 heterocycles. The molecule has 0 bridgehead atoms. The van der Waals surface area contributed by atoms with Crippen molar-refractivity contribution in [2.45, 2.75) is 33.7 Å². The normalized spacial score (nSPS) is 11.5. The molecule has 0 radical (unpaired) electrons. The zero-order chi connectivity index (χ0) is 15.9. The van der Waals surface area contributed by atoms with Crippen molar-refractivity contribution >= 4 is 17.3 Å². The fraction of sp³-hybridized carbons (Fsp3) is 0.412. The SMILES string of the molecule is CN=C(NCCc1nc(C)c(C)s1)NCc1ccc(C)cc1. The molecule has 5 heteroatoms. The van der Waals surface area contributed by atoms with Crippen LogP contribution < -0.4 is 10.6 Å². The summed E-state index contributed by atoms with van der Waals surface area (Å²) in [6.07, 6.45) is 0.921. The molecule has 0 saturated carbocycles. The lowest BCUT2D eigenvalue weighted by atomic mass is 10.1. The minimum atomic E-state index is 0.773. The minimum Gasteiger partial charge on any atom is -0.356 e. The van der Waals surface area contributed by atoms with Crippen LogP contribution >= 0.6 is 11.3 Å². The molecule has 1 aromatic carbocycles. The first-order valence-electron chi connectivity index (χ1n) is 7.51. The van der Waals surface area contributed by atoms with Crippen LogP contribution in [-0.4, -0.2) is 24.5 Å². The molecule has 0 atom stereocenters. The Morgan fingerprint density at radius 1 is 1.14 bits per heavy atom. The number of thiazole rings is 1. The smallest absolute Gasteiger partial charge is 0.191 e. The van der Waals surface area contributed by atoms with E-state index in [-0.39, 0.29) is 0 Å². The predicted octanol–water partition coefficient (Wildman–Crippen LogP) is 2.98. The van der Waals surface area contributed by atoms with Gasteiger partial charge in [0.15, 0.2) is 5.96 Å². The predicted molar refractivity (Wildman–Crippen MR) is 94.7 cm³/mol. The van der Waals surface area contributed by atoms with Gasteiger partial charge in [-0.25, -0.2) is 4.98 Å². The fourth-order valence-electron chi connectivity index (χ4n) is 2.05. The van der Waals surface area contributed by atoms with Gasteiger partial charge in [0, 0.05) is 31.4 Å². The van der Waals surface area contributed by atoms with Crippen LogP contribution in [0.4, 0.5) is 0 Å². The topological polar surface area (TPSA) is 49.3 Å². The van der Waals surface area contributed by atoms with Crippen LogP contribution in [0.2, 0.25) is 0 Å². The molecular weight excluding hydrogens is 292 g/mol. The summed E-state index contributed by atoms with van der Waals surface area (Å²) in [5.41, 5.74) is 3.67. The molecule has 0 aliphatic heterocycles. The number of aryl methyl sites for hydroxylation is 3. The van der Waals surface area contributed by atoms with E-state index in [1.54, 1.807) is 18.4 Å². The maximum atomic E-state index is 4.55. The molecule has 1 aromatic heterocycles. The van der Waals surface area contributed by atoms with Crippen molar-refractivity contribution in [2.75, 3.05) is 13.6 Å². The van der Waals surface area contributed by atoms with E-state index in [0.29, 0.717) is 0 Å². The van der Waals surface area contributed by atoms with Crippen molar-refractivity contribution in [1.82, 2.24) is 15.6 Å². The molecule has 0 spiro atoms. The summed E-state index contributed by atoms with van der Waals surface area (Å²) in [6.45, 7) is 7.88. The lowest BCUT2D eigenvalue weighted by Crippen LogP contribution is -2.37. The zero-order valence-corrected chi connectivity index (χ0v) is 14.5. The molecule has 2 N–H and O–H groups in total. The van der Waals surface area contributed by atoms with E-state index < -0.39 is 0 Å². The Morgan fingerprint density at radius 3 is 2.45 bits per heavy atom. The Bertz CT molecular complexity index is 609. The average Bonchev–Trinajstić information content (AvgIpc) is 2.83. The third-order valence-corrected chi connectivity index (χ3v) is 4.64. The van der Waals surface area contributed by atoms with Crippen LogP contribution in [0.5, 0.6) is 0 Å². The first kappa shape index (κ1) is 16.5. The zero-order valence-electron chi connectivity index (χ0n) is 13.7. The summed E-state index contributed by atoms with van der Waals surface area (Å²) in [5.74, 6) is 0.825. The van der Waals surface area contributed by atoms with Gasteiger partial charge in [0.25, 0.3) is 0 Å². The molecule has 0 amide bonds. The Hall–Kier alpha value is -1.88. The Morgan fingerprint density at radius 2 is 1.86 bits per heavy atom. The second kappa shape index (κ2) is 7.94. The molecular formula is C17H24N4S. The van der Waals surface area contributed by atoms with Crippen molar-refractivity contribution in [3.05, 3.63) is 51.0 Å². The van der Waals surface area contributed by atoms with Gasteiger partial charge in [0.2, 0.25) is 0 Å². The van der Waals surface area contributed by atoms with Crippen molar-refractivity contribution < 1.29 is 0 Å². The van der Waals surface area contributed by atoms with E-state index in [2.05, 4.69) is 65.6 Å². The fourth-order valence-corrected chi connectivity index (χ4v) is 2.98. The molecule has 0 aliphatic carbocycles. The Labute approximate surface area is 136 Å². The lowest BCUT2D eigenvalue weighted by Gasteiger charge is -2.11. The second-order valence-electron chi connectivity index (χ2n) is 5.34. The summed E-state index contributed by atoms with van der Waals surface area (Å²) < 4.78 is 0. The van der Waals surface area contributed by atoms with E-state index in [9.17, 15) is 0 Å². The third-order valence-electron chi connectivity index (χ3n) is 3.51. The largest absolute Gasteiger partial charge is 0.356 e. The van der Waals surface area contributed by atoms with E-state index in [0.717, 1.165) is 31.2 Å². The van der Waals surface area contributed by atoms with E-state index in [1.807, 2.05) is 0 Å². The second-order valence-corrected chi connectivity index (χ2v) is 6.63. The van der Waals surface area contributed by atoms with Gasteiger partial charge in [0.05, 0.1) is 10.7 Å². The van der Waals surface area contributed by atoms with E-state index in [4.69, 9.17) is 0 Å². The molecule has 2 aromatic rings. The molecule has 0 aliphatic rings. The van der Waals surface area contributed by atoms with E-state index in [1.165, 1.54) is 21.0 Å². The van der Waals surface area contributed by atoms with Gasteiger partial charge in [-0.05, 0) is 26.3 Å². The third kappa shape index (κ3) is 4.84. The van der Waals surface area contributed by atoms with Gasteiger partial charge < -0.3 is 10.6 Å². The summed E-state index contributed by atoms with van der Waals surface area (Å²) in [4.78, 5) is 10.1. The number of nitrogens with one attached hydrogen (secondary N) is 2. The first-order chi connectivity index (χ1) is 10.6. The number of guanidine groups is 1. The number of rotatable bonds is 5. The number of benzene rings is 1. The highest BCUT2D eigenvalue weighted by molar-refractivity contribution is 7.11. The minimum absolute atomic E-state index is 0.773. The highest BCUT2D eigenvalue weighted by Crippen LogP contribution is 2.16. The molecule has 118 valence electrons. The van der Waals surface area contributed by atoms with Gasteiger partial charge in [-0.1, -0.05) is 29.8 Å². The summed E-state index contributed by atoms with van der Waals surface area (Å²) in [5, 5.41) is 7.84. The Balaban J connectivity index is 1.76. The van der Waals surface area contributed by atoms with Gasteiger partial charge in [-0.2, -0.15) is 0 Å². The number of nitrogens with zero attached hydrogens (tertiary/aromatic N) is 2. The van der Waals surface area contributed by atoms with Crippen LogP contribution in [0.1, 0.15) is 26.7 Å². The maximum Gasteiger partial charge on any atom is 0.191 e. The molecule has 22 heavy (non-hydrogen) atoms. The quantitative estimate of drug-likeness (QED) is 0.658. The monoisotopic (exact) mass is 316 g/mol. The standard InChI is InChI=1S/C17H24N4S/c1-12-5-7-15(8-6-12)11-20-17(18-4)19-10-9-16-21-13(2)14(3)22-16/h5-8H,9-11H2,1-4H3,(H2,18,19,20). The van der Waals surface area contributed by atoms with Crippen LogP contribution in [0, 0.1) is 20.8 Å². The van der Waals surface area contributed by atoms with Crippen molar-refractivity contribution in [3.8, 4) is 0 Å².